The molecule has 2 N–H and O–H groups in total. The number of nitriles is 1. The summed E-state index contributed by atoms with van der Waals surface area (Å²) in [6.45, 7) is 0. The number of hydrogen-bond donors (Lipinski definition) is 2. The van der Waals surface area contributed by atoms with Gasteiger partial charge in [0.2, 0.25) is 5.88 Å². The zero-order chi connectivity index (χ0) is 10.8. The fraction of sp³-hybridized carbons (Fsp3) is 0. The predicted molar refractivity (Wildman–Crippen MR) is 52.8 cm³/mol. The minimum atomic E-state index is -0.442. The summed E-state index contributed by atoms with van der Waals surface area (Å²) in [6, 6.07) is 8.53. The monoisotopic (exact) mass is 201 g/mol. The van der Waals surface area contributed by atoms with Gasteiger partial charge < -0.3 is 5.11 Å². The van der Waals surface area contributed by atoms with E-state index in [1.54, 1.807) is 24.3 Å². The van der Waals surface area contributed by atoms with E-state index in [4.69, 9.17) is 10.4 Å². The van der Waals surface area contributed by atoms with Crippen LogP contribution >= 0.6 is 0 Å². The molecule has 0 radical (unpaired) electrons. The quantitative estimate of drug-likeness (QED) is 0.714. The molecule has 1 aromatic carbocycles. The molecule has 1 aromatic heterocycles. The Kier molecular flexibility index (Phi) is 2.03. The summed E-state index contributed by atoms with van der Waals surface area (Å²) >= 11 is 0. The third-order valence-electron chi connectivity index (χ3n) is 1.96. The normalized spacial score (nSPS) is 9.80. The summed E-state index contributed by atoms with van der Waals surface area (Å²) in [5.74, 6) is -0.206. The van der Waals surface area contributed by atoms with E-state index in [0.29, 0.717) is 11.3 Å². The third-order valence-corrected chi connectivity index (χ3v) is 1.96. The fourth-order valence-electron chi connectivity index (χ4n) is 1.30. The fourth-order valence-corrected chi connectivity index (χ4v) is 1.30. The standard InChI is InChI=1S/C10H7N3O2/c11-5-7-2-1-3-8(4-7)13-6-9(14)12-10(13)15/h1-4,6,14H,(H,12,15). The van der Waals surface area contributed by atoms with Crippen molar-refractivity contribution in [1.29, 1.82) is 5.26 Å². The van der Waals surface area contributed by atoms with E-state index in [1.807, 2.05) is 6.07 Å². The van der Waals surface area contributed by atoms with Crippen molar-refractivity contribution in [3.05, 3.63) is 46.5 Å². The van der Waals surface area contributed by atoms with Gasteiger partial charge in [0.25, 0.3) is 0 Å². The van der Waals surface area contributed by atoms with E-state index in [-0.39, 0.29) is 5.88 Å². The lowest BCUT2D eigenvalue weighted by atomic mass is 10.2. The topological polar surface area (TPSA) is 81.8 Å². The van der Waals surface area contributed by atoms with E-state index in [0.717, 1.165) is 0 Å². The van der Waals surface area contributed by atoms with Crippen LogP contribution in [0, 0.1) is 11.3 Å². The van der Waals surface area contributed by atoms with Gasteiger partial charge in [0.15, 0.2) is 0 Å². The maximum Gasteiger partial charge on any atom is 0.332 e. The van der Waals surface area contributed by atoms with Crippen molar-refractivity contribution in [3.63, 3.8) is 0 Å². The molecule has 2 aromatic rings. The van der Waals surface area contributed by atoms with Gasteiger partial charge in [0.05, 0.1) is 23.5 Å². The Morgan fingerprint density at radius 2 is 2.27 bits per heavy atom. The summed E-state index contributed by atoms with van der Waals surface area (Å²) in [6.07, 6.45) is 1.26. The van der Waals surface area contributed by atoms with Gasteiger partial charge in [-0.25, -0.2) is 4.79 Å². The molecule has 2 rings (SSSR count). The molecule has 5 heteroatoms. The average Bonchev–Trinajstić information content (AvgIpc) is 2.58. The van der Waals surface area contributed by atoms with Crippen LogP contribution in [-0.4, -0.2) is 14.7 Å². The summed E-state index contributed by atoms with van der Waals surface area (Å²) in [5.41, 5.74) is 0.554. The van der Waals surface area contributed by atoms with Crippen LogP contribution in [0.3, 0.4) is 0 Å². The number of imidazole rings is 1. The second kappa shape index (κ2) is 3.35. The Hall–Kier alpha value is -2.48. The molecular formula is C10H7N3O2. The molecule has 0 aliphatic rings. The molecule has 0 fully saturated rings. The Morgan fingerprint density at radius 3 is 2.87 bits per heavy atom. The molecule has 0 atom stereocenters. The second-order valence-electron chi connectivity index (χ2n) is 2.98. The van der Waals surface area contributed by atoms with Crippen LogP contribution in [-0.2, 0) is 0 Å². The van der Waals surface area contributed by atoms with Crippen molar-refractivity contribution < 1.29 is 5.11 Å². The Morgan fingerprint density at radius 1 is 1.47 bits per heavy atom. The zero-order valence-electron chi connectivity index (χ0n) is 7.64. The van der Waals surface area contributed by atoms with Gasteiger partial charge in [0, 0.05) is 0 Å². The molecule has 5 nitrogen and oxygen atoms in total. The largest absolute Gasteiger partial charge is 0.493 e. The number of aromatic nitrogens is 2. The number of nitrogens with one attached hydrogen (secondary N) is 1. The van der Waals surface area contributed by atoms with Crippen molar-refractivity contribution in [2.75, 3.05) is 0 Å². The van der Waals surface area contributed by atoms with E-state index in [2.05, 4.69) is 4.98 Å². The number of H-pyrrole nitrogens is 1. The highest BCUT2D eigenvalue weighted by Crippen LogP contribution is 2.10. The zero-order valence-corrected chi connectivity index (χ0v) is 7.64. The maximum absolute atomic E-state index is 11.3. The molecule has 0 amide bonds. The molecule has 0 saturated carbocycles. The first-order chi connectivity index (χ1) is 7.20. The van der Waals surface area contributed by atoms with Gasteiger partial charge in [0.1, 0.15) is 0 Å². The molecule has 0 unspecified atom stereocenters. The van der Waals surface area contributed by atoms with E-state index >= 15 is 0 Å². The number of nitrogens with zero attached hydrogens (tertiary/aromatic N) is 2. The number of aromatic hydroxyl groups is 1. The molecule has 0 aliphatic carbocycles. The third kappa shape index (κ3) is 1.60. The van der Waals surface area contributed by atoms with Crippen LogP contribution in [0.25, 0.3) is 5.69 Å². The molecular weight excluding hydrogens is 194 g/mol. The van der Waals surface area contributed by atoms with Crippen LogP contribution in [0.1, 0.15) is 5.56 Å². The van der Waals surface area contributed by atoms with Gasteiger partial charge in [-0.05, 0) is 18.2 Å². The molecule has 0 bridgehead atoms. The van der Waals surface area contributed by atoms with Crippen molar-refractivity contribution in [3.8, 4) is 17.6 Å². The molecule has 74 valence electrons. The molecule has 0 saturated heterocycles. The van der Waals surface area contributed by atoms with E-state index < -0.39 is 5.69 Å². The Bertz CT molecular complexity index is 589. The average molecular weight is 201 g/mol. The first-order valence-electron chi connectivity index (χ1n) is 4.22. The smallest absolute Gasteiger partial charge is 0.332 e. The lowest BCUT2D eigenvalue weighted by Gasteiger charge is -1.99. The number of benzene rings is 1. The van der Waals surface area contributed by atoms with Gasteiger partial charge in [-0.3, -0.25) is 9.55 Å². The Balaban J connectivity index is 2.60. The summed E-state index contributed by atoms with van der Waals surface area (Å²) in [7, 11) is 0. The van der Waals surface area contributed by atoms with Gasteiger partial charge in [-0.15, -0.1) is 0 Å². The maximum atomic E-state index is 11.3. The molecule has 1 heterocycles. The lowest BCUT2D eigenvalue weighted by Crippen LogP contribution is -2.13. The summed E-state index contributed by atoms with van der Waals surface area (Å²) in [5, 5.41) is 17.8. The van der Waals surface area contributed by atoms with Crippen molar-refractivity contribution in [2.24, 2.45) is 0 Å². The SMILES string of the molecule is N#Cc1cccc(-n2cc(O)[nH]c2=O)c1. The Labute approximate surface area is 84.8 Å². The molecule has 0 aliphatic heterocycles. The van der Waals surface area contributed by atoms with Crippen molar-refractivity contribution in [1.82, 2.24) is 9.55 Å². The predicted octanol–water partition coefficient (Wildman–Crippen LogP) is 0.743. The highest BCUT2D eigenvalue weighted by Gasteiger charge is 2.03. The first-order valence-corrected chi connectivity index (χ1v) is 4.22. The van der Waals surface area contributed by atoms with E-state index in [1.165, 1.54) is 10.8 Å². The van der Waals surface area contributed by atoms with E-state index in [9.17, 15) is 4.79 Å². The molecule has 15 heavy (non-hydrogen) atoms. The molecule has 0 spiro atoms. The van der Waals surface area contributed by atoms with Crippen LogP contribution in [0.4, 0.5) is 0 Å². The minimum Gasteiger partial charge on any atom is -0.493 e. The first kappa shape index (κ1) is 9.09. The van der Waals surface area contributed by atoms with Crippen molar-refractivity contribution >= 4 is 0 Å². The van der Waals surface area contributed by atoms with Crippen LogP contribution in [0.2, 0.25) is 0 Å². The van der Waals surface area contributed by atoms with Crippen LogP contribution < -0.4 is 5.69 Å². The summed E-state index contributed by atoms with van der Waals surface area (Å²) < 4.78 is 1.23. The van der Waals surface area contributed by atoms with Gasteiger partial charge >= 0.3 is 5.69 Å². The highest BCUT2D eigenvalue weighted by molar-refractivity contribution is 5.41. The summed E-state index contributed by atoms with van der Waals surface area (Å²) in [4.78, 5) is 13.5. The number of aromatic amines is 1. The minimum absolute atomic E-state index is 0.206. The van der Waals surface area contributed by atoms with Gasteiger partial charge in [-0.1, -0.05) is 6.07 Å². The lowest BCUT2D eigenvalue weighted by molar-refractivity contribution is 0.455. The van der Waals surface area contributed by atoms with Crippen LogP contribution in [0.5, 0.6) is 5.88 Å². The number of hydrogen-bond acceptors (Lipinski definition) is 3. The highest BCUT2D eigenvalue weighted by atomic mass is 16.3. The number of rotatable bonds is 1. The van der Waals surface area contributed by atoms with Crippen LogP contribution in [0.15, 0.2) is 35.3 Å². The van der Waals surface area contributed by atoms with Crippen molar-refractivity contribution in [2.45, 2.75) is 0 Å². The second-order valence-corrected chi connectivity index (χ2v) is 2.98. The van der Waals surface area contributed by atoms with Gasteiger partial charge in [-0.2, -0.15) is 5.26 Å².